The maximum absolute atomic E-state index is 12.4. The van der Waals surface area contributed by atoms with E-state index < -0.39 is 4.92 Å². The summed E-state index contributed by atoms with van der Waals surface area (Å²) in [5.41, 5.74) is 1.31. The van der Waals surface area contributed by atoms with E-state index in [1.165, 1.54) is 23.1 Å². The monoisotopic (exact) mass is 378 g/mol. The molecule has 7 heteroatoms. The Morgan fingerprint density at radius 3 is 2.60 bits per heavy atom. The van der Waals surface area contributed by atoms with Crippen molar-refractivity contribution in [2.75, 3.05) is 7.05 Å². The van der Waals surface area contributed by atoms with Gasteiger partial charge < -0.3 is 4.90 Å². The number of non-ortho nitro benzene ring substituents is 1. The Bertz CT molecular complexity index is 837. The fourth-order valence-corrected chi connectivity index (χ4v) is 2.61. The largest absolute Gasteiger partial charge is 0.335 e. The van der Waals surface area contributed by atoms with E-state index in [1.54, 1.807) is 50.4 Å². The van der Waals surface area contributed by atoms with Crippen LogP contribution in [-0.2, 0) is 4.79 Å². The molecule has 0 fully saturated rings. The van der Waals surface area contributed by atoms with Crippen LogP contribution >= 0.6 is 23.2 Å². The molecule has 0 heterocycles. The Morgan fingerprint density at radius 1 is 1.24 bits per heavy atom. The first kappa shape index (κ1) is 19.0. The first-order chi connectivity index (χ1) is 11.8. The fraction of sp³-hybridized carbons (Fsp3) is 0.167. The molecule has 0 aliphatic rings. The van der Waals surface area contributed by atoms with Gasteiger partial charge >= 0.3 is 0 Å². The SMILES string of the molecule is C[C@H](c1cccc([N+](=O)[O-])c1)N(C)C(=O)/C=C/c1cccc(Cl)c1Cl. The minimum atomic E-state index is -0.459. The topological polar surface area (TPSA) is 63.5 Å². The van der Waals surface area contributed by atoms with Crippen molar-refractivity contribution >= 4 is 40.9 Å². The van der Waals surface area contributed by atoms with Crippen LogP contribution in [0.3, 0.4) is 0 Å². The number of nitro benzene ring substituents is 1. The summed E-state index contributed by atoms with van der Waals surface area (Å²) in [6.07, 6.45) is 2.98. The molecule has 130 valence electrons. The molecule has 1 atom stereocenters. The number of halogens is 2. The van der Waals surface area contributed by atoms with Gasteiger partial charge in [0.1, 0.15) is 0 Å². The van der Waals surface area contributed by atoms with Gasteiger partial charge in [0.2, 0.25) is 5.91 Å². The van der Waals surface area contributed by atoms with Gasteiger partial charge in [0, 0.05) is 25.3 Å². The van der Waals surface area contributed by atoms with Crippen molar-refractivity contribution in [3.8, 4) is 0 Å². The number of carbonyl (C=O) groups is 1. The van der Waals surface area contributed by atoms with Gasteiger partial charge in [0.05, 0.1) is 21.0 Å². The lowest BCUT2D eigenvalue weighted by Gasteiger charge is -2.24. The van der Waals surface area contributed by atoms with Crippen molar-refractivity contribution in [2.45, 2.75) is 13.0 Å². The van der Waals surface area contributed by atoms with Crippen LogP contribution in [0.15, 0.2) is 48.5 Å². The fourth-order valence-electron chi connectivity index (χ4n) is 2.24. The number of amides is 1. The molecule has 0 aromatic heterocycles. The van der Waals surface area contributed by atoms with Crippen LogP contribution < -0.4 is 0 Å². The highest BCUT2D eigenvalue weighted by Gasteiger charge is 2.17. The molecule has 0 aliphatic carbocycles. The lowest BCUT2D eigenvalue weighted by molar-refractivity contribution is -0.384. The van der Waals surface area contributed by atoms with Crippen LogP contribution in [0.25, 0.3) is 6.08 Å². The van der Waals surface area contributed by atoms with E-state index in [-0.39, 0.29) is 17.6 Å². The summed E-state index contributed by atoms with van der Waals surface area (Å²) in [7, 11) is 1.63. The van der Waals surface area contributed by atoms with Crippen molar-refractivity contribution < 1.29 is 9.72 Å². The Hall–Kier alpha value is -2.37. The molecule has 2 aromatic carbocycles. The van der Waals surface area contributed by atoms with Gasteiger partial charge in [-0.1, -0.05) is 47.5 Å². The van der Waals surface area contributed by atoms with Gasteiger partial charge in [-0.3, -0.25) is 14.9 Å². The standard InChI is InChI=1S/C18H16Cl2N2O3/c1-12(14-6-3-7-15(11-14)22(24)25)21(2)17(23)10-9-13-5-4-8-16(19)18(13)20/h3-12H,1-2H3/b10-9+/t12-/m1/s1. The summed E-state index contributed by atoms with van der Waals surface area (Å²) in [4.78, 5) is 24.3. The molecule has 0 unspecified atom stereocenters. The predicted molar refractivity (Wildman–Crippen MR) is 99.8 cm³/mol. The van der Waals surface area contributed by atoms with Gasteiger partial charge in [0.25, 0.3) is 5.69 Å². The third-order valence-corrected chi connectivity index (χ3v) is 4.71. The van der Waals surface area contributed by atoms with Crippen molar-refractivity contribution in [2.24, 2.45) is 0 Å². The summed E-state index contributed by atoms with van der Waals surface area (Å²) in [6.45, 7) is 1.80. The minimum Gasteiger partial charge on any atom is -0.335 e. The molecule has 2 aromatic rings. The number of likely N-dealkylation sites (N-methyl/N-ethyl adjacent to an activating group) is 1. The second-order valence-electron chi connectivity index (χ2n) is 5.45. The van der Waals surface area contributed by atoms with E-state index in [0.29, 0.717) is 21.2 Å². The van der Waals surface area contributed by atoms with Crippen LogP contribution in [-0.4, -0.2) is 22.8 Å². The van der Waals surface area contributed by atoms with Crippen molar-refractivity contribution in [3.05, 3.63) is 79.8 Å². The van der Waals surface area contributed by atoms with E-state index >= 15 is 0 Å². The zero-order valence-corrected chi connectivity index (χ0v) is 15.2. The molecule has 5 nitrogen and oxygen atoms in total. The predicted octanol–water partition coefficient (Wildman–Crippen LogP) is 5.13. The van der Waals surface area contributed by atoms with Crippen molar-refractivity contribution in [1.29, 1.82) is 0 Å². The number of benzene rings is 2. The maximum atomic E-state index is 12.4. The van der Waals surface area contributed by atoms with E-state index in [0.717, 1.165) is 0 Å². The highest BCUT2D eigenvalue weighted by Crippen LogP contribution is 2.27. The normalized spacial score (nSPS) is 12.2. The average molecular weight is 379 g/mol. The average Bonchev–Trinajstić information content (AvgIpc) is 2.61. The molecule has 0 radical (unpaired) electrons. The summed E-state index contributed by atoms with van der Waals surface area (Å²) >= 11 is 12.0. The van der Waals surface area contributed by atoms with Gasteiger partial charge in [0.15, 0.2) is 0 Å². The molecule has 1 amide bonds. The van der Waals surface area contributed by atoms with Crippen LogP contribution in [0.5, 0.6) is 0 Å². The van der Waals surface area contributed by atoms with Crippen LogP contribution in [0.2, 0.25) is 10.0 Å². The highest BCUT2D eigenvalue weighted by molar-refractivity contribution is 6.42. The second kappa shape index (κ2) is 8.14. The quantitative estimate of drug-likeness (QED) is 0.411. The Balaban J connectivity index is 2.16. The zero-order chi connectivity index (χ0) is 18.6. The van der Waals surface area contributed by atoms with Gasteiger partial charge in [-0.05, 0) is 30.2 Å². The minimum absolute atomic E-state index is 0.00792. The molecule has 0 bridgehead atoms. The number of rotatable bonds is 5. The second-order valence-corrected chi connectivity index (χ2v) is 6.24. The number of hydrogen-bond donors (Lipinski definition) is 0. The lowest BCUT2D eigenvalue weighted by atomic mass is 10.1. The van der Waals surface area contributed by atoms with Crippen molar-refractivity contribution in [1.82, 2.24) is 4.90 Å². The first-order valence-corrected chi connectivity index (χ1v) is 8.20. The summed E-state index contributed by atoms with van der Waals surface area (Å²) in [6, 6.07) is 11.1. The lowest BCUT2D eigenvalue weighted by Crippen LogP contribution is -2.28. The smallest absolute Gasteiger partial charge is 0.269 e. The van der Waals surface area contributed by atoms with Gasteiger partial charge in [-0.15, -0.1) is 0 Å². The third-order valence-electron chi connectivity index (χ3n) is 3.88. The molecule has 2 rings (SSSR count). The molecular weight excluding hydrogens is 363 g/mol. The van der Waals surface area contributed by atoms with E-state index in [4.69, 9.17) is 23.2 Å². The van der Waals surface area contributed by atoms with E-state index in [9.17, 15) is 14.9 Å². The summed E-state index contributed by atoms with van der Waals surface area (Å²) in [5, 5.41) is 11.7. The molecule has 0 aliphatic heterocycles. The zero-order valence-electron chi connectivity index (χ0n) is 13.6. The molecule has 0 saturated heterocycles. The third kappa shape index (κ3) is 4.59. The molecule has 0 spiro atoms. The van der Waals surface area contributed by atoms with Crippen molar-refractivity contribution in [3.63, 3.8) is 0 Å². The van der Waals surface area contributed by atoms with E-state index in [2.05, 4.69) is 0 Å². The van der Waals surface area contributed by atoms with Crippen LogP contribution in [0.1, 0.15) is 24.1 Å². The maximum Gasteiger partial charge on any atom is 0.269 e. The van der Waals surface area contributed by atoms with Crippen LogP contribution in [0.4, 0.5) is 5.69 Å². The first-order valence-electron chi connectivity index (χ1n) is 7.44. The molecule has 0 N–H and O–H groups in total. The Morgan fingerprint density at radius 2 is 1.92 bits per heavy atom. The molecular formula is C18H16Cl2N2O3. The Kier molecular flexibility index (Phi) is 6.17. The number of nitrogens with zero attached hydrogens (tertiary/aromatic N) is 2. The highest BCUT2D eigenvalue weighted by atomic mass is 35.5. The number of nitro groups is 1. The van der Waals surface area contributed by atoms with Gasteiger partial charge in [-0.2, -0.15) is 0 Å². The summed E-state index contributed by atoms with van der Waals surface area (Å²) in [5.74, 6) is -0.255. The molecule has 25 heavy (non-hydrogen) atoms. The van der Waals surface area contributed by atoms with Gasteiger partial charge in [-0.25, -0.2) is 0 Å². The number of carbonyl (C=O) groups excluding carboxylic acids is 1. The van der Waals surface area contributed by atoms with Crippen LogP contribution in [0, 0.1) is 10.1 Å². The summed E-state index contributed by atoms with van der Waals surface area (Å²) < 4.78 is 0. The number of hydrogen-bond acceptors (Lipinski definition) is 3. The van der Waals surface area contributed by atoms with E-state index in [1.807, 2.05) is 0 Å². The Labute approximate surface area is 155 Å². The molecule has 0 saturated carbocycles.